The first kappa shape index (κ1) is 20.6. The summed E-state index contributed by atoms with van der Waals surface area (Å²) in [6.45, 7) is 3.86. The Balaban J connectivity index is 1.62. The lowest BCUT2D eigenvalue weighted by molar-refractivity contribution is -0.116. The van der Waals surface area contributed by atoms with Crippen molar-refractivity contribution in [3.05, 3.63) is 80.5 Å². The van der Waals surface area contributed by atoms with Gasteiger partial charge in [0.1, 0.15) is 17.2 Å². The zero-order valence-corrected chi connectivity index (χ0v) is 19.1. The van der Waals surface area contributed by atoms with Crippen LogP contribution in [0.1, 0.15) is 34.4 Å². The summed E-state index contributed by atoms with van der Waals surface area (Å²) in [7, 11) is 0. The van der Waals surface area contributed by atoms with Crippen LogP contribution < -0.4 is 10.9 Å². The molecular weight excluding hydrogens is 418 g/mol. The van der Waals surface area contributed by atoms with Gasteiger partial charge in [0.2, 0.25) is 5.91 Å². The van der Waals surface area contributed by atoms with Crippen molar-refractivity contribution in [3.8, 4) is 11.4 Å². The van der Waals surface area contributed by atoms with Gasteiger partial charge in [0, 0.05) is 16.1 Å². The highest BCUT2D eigenvalue weighted by Gasteiger charge is 2.23. The normalized spacial score (nSPS) is 13.2. The van der Waals surface area contributed by atoms with Crippen molar-refractivity contribution in [2.45, 2.75) is 46.1 Å². The summed E-state index contributed by atoms with van der Waals surface area (Å²) in [6, 6.07) is 15.5. The number of hydrogen-bond acceptors (Lipinski definition) is 4. The molecule has 2 aromatic heterocycles. The number of rotatable bonds is 4. The summed E-state index contributed by atoms with van der Waals surface area (Å²) in [6.07, 6.45) is 4.15. The Morgan fingerprint density at radius 3 is 2.50 bits per heavy atom. The maximum atomic E-state index is 13.7. The first-order valence-electron chi connectivity index (χ1n) is 11.0. The lowest BCUT2D eigenvalue weighted by Gasteiger charge is -2.15. The molecule has 6 heteroatoms. The molecule has 162 valence electrons. The van der Waals surface area contributed by atoms with Crippen molar-refractivity contribution in [2.75, 3.05) is 5.32 Å². The van der Waals surface area contributed by atoms with E-state index in [1.54, 1.807) is 15.9 Å². The smallest absolute Gasteiger partial charge is 0.263 e. The highest BCUT2D eigenvalue weighted by atomic mass is 32.1. The Morgan fingerprint density at radius 1 is 1.03 bits per heavy atom. The number of amides is 1. The van der Waals surface area contributed by atoms with Crippen LogP contribution in [0.3, 0.4) is 0 Å². The van der Waals surface area contributed by atoms with Crippen LogP contribution in [0, 0.1) is 13.8 Å². The molecule has 5 rings (SSSR count). The SMILES string of the molecule is Cc1cccc(C)c1NC(=O)Cn1c(-c2ccccc2)nc2sc3c(c2c1=O)CCCC3. The number of hydrogen-bond donors (Lipinski definition) is 1. The van der Waals surface area contributed by atoms with E-state index in [9.17, 15) is 9.59 Å². The molecule has 0 radical (unpaired) electrons. The van der Waals surface area contributed by atoms with Gasteiger partial charge in [0.15, 0.2) is 0 Å². The maximum absolute atomic E-state index is 13.7. The summed E-state index contributed by atoms with van der Waals surface area (Å²) >= 11 is 1.63. The Bertz CT molecular complexity index is 1370. The van der Waals surface area contributed by atoms with Crippen molar-refractivity contribution in [2.24, 2.45) is 0 Å². The van der Waals surface area contributed by atoms with Crippen LogP contribution in [0.4, 0.5) is 5.69 Å². The van der Waals surface area contributed by atoms with Crippen molar-refractivity contribution in [1.82, 2.24) is 9.55 Å². The van der Waals surface area contributed by atoms with Crippen LogP contribution in [-0.4, -0.2) is 15.5 Å². The van der Waals surface area contributed by atoms with Crippen LogP contribution in [0.5, 0.6) is 0 Å². The van der Waals surface area contributed by atoms with E-state index in [2.05, 4.69) is 5.32 Å². The second-order valence-electron chi connectivity index (χ2n) is 8.40. The molecule has 0 spiro atoms. The monoisotopic (exact) mass is 443 g/mol. The molecule has 1 amide bonds. The highest BCUT2D eigenvalue weighted by molar-refractivity contribution is 7.18. The van der Waals surface area contributed by atoms with Gasteiger partial charge in [-0.25, -0.2) is 4.98 Å². The van der Waals surface area contributed by atoms with Crippen molar-refractivity contribution in [1.29, 1.82) is 0 Å². The van der Waals surface area contributed by atoms with Gasteiger partial charge < -0.3 is 5.32 Å². The van der Waals surface area contributed by atoms with Gasteiger partial charge >= 0.3 is 0 Å². The average molecular weight is 444 g/mol. The van der Waals surface area contributed by atoms with Crippen LogP contribution in [-0.2, 0) is 24.2 Å². The van der Waals surface area contributed by atoms with Crippen LogP contribution in [0.2, 0.25) is 0 Å². The number of thiophene rings is 1. The van der Waals surface area contributed by atoms with Gasteiger partial charge in [0.25, 0.3) is 5.56 Å². The molecule has 2 aromatic carbocycles. The maximum Gasteiger partial charge on any atom is 0.263 e. The van der Waals surface area contributed by atoms with E-state index in [-0.39, 0.29) is 18.0 Å². The lowest BCUT2D eigenvalue weighted by Crippen LogP contribution is -2.30. The number of nitrogens with one attached hydrogen (secondary N) is 1. The average Bonchev–Trinajstić information content (AvgIpc) is 3.17. The second kappa shape index (κ2) is 8.36. The number of aryl methyl sites for hydroxylation is 4. The number of carbonyl (C=O) groups is 1. The fourth-order valence-electron chi connectivity index (χ4n) is 4.53. The zero-order valence-electron chi connectivity index (χ0n) is 18.3. The fourth-order valence-corrected chi connectivity index (χ4v) is 5.78. The van der Waals surface area contributed by atoms with E-state index in [0.29, 0.717) is 11.2 Å². The largest absolute Gasteiger partial charge is 0.324 e. The van der Waals surface area contributed by atoms with E-state index in [0.717, 1.165) is 58.5 Å². The zero-order chi connectivity index (χ0) is 22.2. The van der Waals surface area contributed by atoms with E-state index >= 15 is 0 Å². The van der Waals surface area contributed by atoms with Gasteiger partial charge in [-0.3, -0.25) is 14.2 Å². The molecule has 0 saturated carbocycles. The molecule has 32 heavy (non-hydrogen) atoms. The van der Waals surface area contributed by atoms with Gasteiger partial charge in [-0.2, -0.15) is 0 Å². The molecule has 0 atom stereocenters. The molecule has 5 nitrogen and oxygen atoms in total. The third-order valence-electron chi connectivity index (χ3n) is 6.15. The minimum atomic E-state index is -0.230. The van der Waals surface area contributed by atoms with Gasteiger partial charge in [0.05, 0.1) is 5.39 Å². The van der Waals surface area contributed by atoms with Crippen LogP contribution in [0.25, 0.3) is 21.6 Å². The Kier molecular flexibility index (Phi) is 5.39. The minimum Gasteiger partial charge on any atom is -0.324 e. The van der Waals surface area contributed by atoms with Gasteiger partial charge in [-0.05, 0) is 56.2 Å². The molecule has 1 aliphatic rings. The molecule has 0 fully saturated rings. The Hall–Kier alpha value is -3.25. The molecule has 2 heterocycles. The second-order valence-corrected chi connectivity index (χ2v) is 9.48. The van der Waals surface area contributed by atoms with Crippen molar-refractivity contribution in [3.63, 3.8) is 0 Å². The van der Waals surface area contributed by atoms with Gasteiger partial charge in [-0.1, -0.05) is 48.5 Å². The van der Waals surface area contributed by atoms with E-state index in [1.165, 1.54) is 4.88 Å². The summed E-state index contributed by atoms with van der Waals surface area (Å²) in [5, 5.41) is 3.71. The molecule has 0 saturated heterocycles. The molecule has 4 aromatic rings. The summed E-state index contributed by atoms with van der Waals surface area (Å²) < 4.78 is 1.54. The Labute approximate surface area is 190 Å². The molecule has 0 bridgehead atoms. The molecule has 0 aliphatic heterocycles. The molecular formula is C26H25N3O2S. The van der Waals surface area contributed by atoms with Crippen LogP contribution in [0.15, 0.2) is 53.3 Å². The summed E-state index contributed by atoms with van der Waals surface area (Å²) in [5.41, 5.74) is 4.64. The number of para-hydroxylation sites is 1. The molecule has 0 unspecified atom stereocenters. The number of fused-ring (bicyclic) bond motifs is 3. The summed E-state index contributed by atoms with van der Waals surface area (Å²) in [4.78, 5) is 33.8. The van der Waals surface area contributed by atoms with E-state index in [1.807, 2.05) is 62.4 Å². The van der Waals surface area contributed by atoms with Crippen molar-refractivity contribution >= 4 is 33.1 Å². The molecule has 1 N–H and O–H groups in total. The number of carbonyl (C=O) groups excluding carboxylic acids is 1. The number of nitrogens with zero attached hydrogens (tertiary/aromatic N) is 2. The minimum absolute atomic E-state index is 0.0790. The third-order valence-corrected chi connectivity index (χ3v) is 7.34. The van der Waals surface area contributed by atoms with Gasteiger partial charge in [-0.15, -0.1) is 11.3 Å². The first-order chi connectivity index (χ1) is 15.5. The Morgan fingerprint density at radius 2 is 1.75 bits per heavy atom. The number of anilines is 1. The third kappa shape index (κ3) is 3.65. The number of aromatic nitrogens is 2. The molecule has 1 aliphatic carbocycles. The van der Waals surface area contributed by atoms with Crippen LogP contribution >= 0.6 is 11.3 Å². The fraction of sp³-hybridized carbons (Fsp3) is 0.269. The lowest BCUT2D eigenvalue weighted by atomic mass is 9.97. The predicted octanol–water partition coefficient (Wildman–Crippen LogP) is 5.26. The number of benzene rings is 2. The first-order valence-corrected chi connectivity index (χ1v) is 11.8. The van der Waals surface area contributed by atoms with E-state index in [4.69, 9.17) is 4.98 Å². The predicted molar refractivity (Wildman–Crippen MR) is 131 cm³/mol. The van der Waals surface area contributed by atoms with Crippen molar-refractivity contribution < 1.29 is 4.79 Å². The van der Waals surface area contributed by atoms with E-state index < -0.39 is 0 Å². The topological polar surface area (TPSA) is 64.0 Å². The summed E-state index contributed by atoms with van der Waals surface area (Å²) in [5.74, 6) is 0.310. The quantitative estimate of drug-likeness (QED) is 0.468. The highest BCUT2D eigenvalue weighted by Crippen LogP contribution is 2.34. The standard InChI is InChI=1S/C26H25N3O2S/c1-16-9-8-10-17(2)23(16)27-21(30)15-29-24(18-11-4-3-5-12-18)28-25-22(26(29)31)19-13-6-7-14-20(19)32-25/h3-5,8-12H,6-7,13-15H2,1-2H3,(H,27,30).